The maximum Gasteiger partial charge on any atom is 0.0634 e. The minimum Gasteiger partial charge on any atom is -0.404 e. The van der Waals surface area contributed by atoms with Crippen LogP contribution in [0.1, 0.15) is 24.0 Å². The van der Waals surface area contributed by atoms with Gasteiger partial charge in [-0.2, -0.15) is 0 Å². The molecule has 1 saturated heterocycles. The van der Waals surface area contributed by atoms with Crippen molar-refractivity contribution in [2.45, 2.75) is 25.8 Å². The van der Waals surface area contributed by atoms with Gasteiger partial charge in [-0.05, 0) is 54.9 Å². The van der Waals surface area contributed by atoms with E-state index >= 15 is 0 Å². The predicted octanol–water partition coefficient (Wildman–Crippen LogP) is 4.05. The van der Waals surface area contributed by atoms with Crippen LogP contribution in [0.4, 0.5) is 0 Å². The summed E-state index contributed by atoms with van der Waals surface area (Å²) in [6, 6.07) is 12.2. The maximum absolute atomic E-state index is 8.61. The van der Waals surface area contributed by atoms with Crippen LogP contribution in [-0.2, 0) is 13.0 Å². The van der Waals surface area contributed by atoms with Crippen molar-refractivity contribution in [3.63, 3.8) is 0 Å². The molecule has 0 bridgehead atoms. The number of nitrogens with two attached hydrogens (primary N) is 1. The van der Waals surface area contributed by atoms with E-state index in [4.69, 9.17) is 22.7 Å². The highest BCUT2D eigenvalue weighted by Gasteiger charge is 2.24. The lowest BCUT2D eigenvalue weighted by Gasteiger charge is -2.33. The fourth-order valence-corrected chi connectivity index (χ4v) is 3.65. The maximum atomic E-state index is 8.61. The van der Waals surface area contributed by atoms with Crippen molar-refractivity contribution in [1.29, 1.82) is 5.41 Å². The van der Waals surface area contributed by atoms with Gasteiger partial charge in [0.2, 0.25) is 0 Å². The molecular formula is C21H25ClN4. The zero-order valence-electron chi connectivity index (χ0n) is 14.9. The van der Waals surface area contributed by atoms with Crippen molar-refractivity contribution < 1.29 is 0 Å². The van der Waals surface area contributed by atoms with Crippen LogP contribution in [0.15, 0.2) is 60.6 Å². The molecule has 0 unspecified atom stereocenters. The molecule has 5 heteroatoms. The number of rotatable bonds is 6. The minimum absolute atomic E-state index is 0.276. The van der Waals surface area contributed by atoms with E-state index in [0.29, 0.717) is 5.71 Å². The van der Waals surface area contributed by atoms with Gasteiger partial charge in [-0.3, -0.25) is 9.88 Å². The van der Waals surface area contributed by atoms with Crippen LogP contribution in [0.25, 0.3) is 0 Å². The smallest absolute Gasteiger partial charge is 0.0634 e. The average Bonchev–Trinajstić information content (AvgIpc) is 2.69. The molecule has 3 N–H and O–H groups in total. The second-order valence-corrected chi connectivity index (χ2v) is 7.19. The molecule has 2 aromatic rings. The summed E-state index contributed by atoms with van der Waals surface area (Å²) in [6.45, 7) is 2.77. The molecule has 0 aliphatic carbocycles. The SMILES string of the molecule is N=C(C(=CN)Cc1ccccc1)C1CCN(Cc2ccncc2Cl)CC1. The highest BCUT2D eigenvalue weighted by molar-refractivity contribution is 6.31. The van der Waals surface area contributed by atoms with Crippen LogP contribution >= 0.6 is 11.6 Å². The molecule has 1 aromatic carbocycles. The van der Waals surface area contributed by atoms with Crippen LogP contribution < -0.4 is 5.73 Å². The molecule has 4 nitrogen and oxygen atoms in total. The summed E-state index contributed by atoms with van der Waals surface area (Å²) in [6.07, 6.45) is 7.77. The normalized spacial score (nSPS) is 16.6. The topological polar surface area (TPSA) is 66.0 Å². The Morgan fingerprint density at radius 2 is 1.96 bits per heavy atom. The van der Waals surface area contributed by atoms with Crippen LogP contribution in [-0.4, -0.2) is 28.7 Å². The molecule has 2 heterocycles. The highest BCUT2D eigenvalue weighted by atomic mass is 35.5. The summed E-state index contributed by atoms with van der Waals surface area (Å²) in [7, 11) is 0. The molecule has 0 radical (unpaired) electrons. The molecular weight excluding hydrogens is 344 g/mol. The number of halogens is 1. The molecule has 0 atom stereocenters. The number of likely N-dealkylation sites (tertiary alicyclic amines) is 1. The number of hydrogen-bond donors (Lipinski definition) is 2. The first kappa shape index (κ1) is 18.6. The van der Waals surface area contributed by atoms with Gasteiger partial charge in [-0.1, -0.05) is 41.9 Å². The molecule has 0 spiro atoms. The first-order valence-electron chi connectivity index (χ1n) is 9.01. The van der Waals surface area contributed by atoms with Crippen molar-refractivity contribution in [3.8, 4) is 0 Å². The highest BCUT2D eigenvalue weighted by Crippen LogP contribution is 2.25. The summed E-state index contributed by atoms with van der Waals surface area (Å²) in [4.78, 5) is 6.44. The fraction of sp³-hybridized carbons (Fsp3) is 0.333. The van der Waals surface area contributed by atoms with E-state index in [1.165, 1.54) is 5.56 Å². The number of nitrogens with one attached hydrogen (secondary N) is 1. The lowest BCUT2D eigenvalue weighted by atomic mass is 9.86. The van der Waals surface area contributed by atoms with Crippen molar-refractivity contribution >= 4 is 17.3 Å². The first-order valence-corrected chi connectivity index (χ1v) is 9.39. The zero-order chi connectivity index (χ0) is 18.4. The van der Waals surface area contributed by atoms with E-state index in [9.17, 15) is 0 Å². The number of pyridine rings is 1. The lowest BCUT2D eigenvalue weighted by Crippen LogP contribution is -2.36. The summed E-state index contributed by atoms with van der Waals surface area (Å²) in [5.41, 5.74) is 9.78. The van der Waals surface area contributed by atoms with E-state index in [-0.39, 0.29) is 5.92 Å². The molecule has 26 heavy (non-hydrogen) atoms. The lowest BCUT2D eigenvalue weighted by molar-refractivity contribution is 0.201. The Labute approximate surface area is 160 Å². The molecule has 1 fully saturated rings. The van der Waals surface area contributed by atoms with Crippen LogP contribution in [0, 0.1) is 11.3 Å². The van der Waals surface area contributed by atoms with E-state index in [1.807, 2.05) is 24.3 Å². The molecule has 0 saturated carbocycles. The second-order valence-electron chi connectivity index (χ2n) is 6.79. The number of nitrogens with zero attached hydrogens (tertiary/aromatic N) is 2. The van der Waals surface area contributed by atoms with E-state index in [0.717, 1.165) is 55.1 Å². The van der Waals surface area contributed by atoms with Gasteiger partial charge in [0.25, 0.3) is 0 Å². The third-order valence-corrected chi connectivity index (χ3v) is 5.37. The number of piperidine rings is 1. The Kier molecular flexibility index (Phi) is 6.42. The van der Waals surface area contributed by atoms with E-state index in [1.54, 1.807) is 18.6 Å². The average molecular weight is 369 g/mol. The van der Waals surface area contributed by atoms with E-state index < -0.39 is 0 Å². The fourth-order valence-electron chi connectivity index (χ4n) is 3.47. The van der Waals surface area contributed by atoms with Gasteiger partial charge in [0, 0.05) is 37.0 Å². The van der Waals surface area contributed by atoms with Gasteiger partial charge in [-0.25, -0.2) is 0 Å². The van der Waals surface area contributed by atoms with Crippen LogP contribution in [0.5, 0.6) is 0 Å². The number of benzene rings is 1. The first-order chi connectivity index (χ1) is 12.7. The van der Waals surface area contributed by atoms with Crippen LogP contribution in [0.3, 0.4) is 0 Å². The Balaban J connectivity index is 1.55. The quantitative estimate of drug-likeness (QED) is 0.756. The van der Waals surface area contributed by atoms with Crippen molar-refractivity contribution in [2.75, 3.05) is 13.1 Å². The van der Waals surface area contributed by atoms with Crippen molar-refractivity contribution in [1.82, 2.24) is 9.88 Å². The largest absolute Gasteiger partial charge is 0.404 e. The second kappa shape index (κ2) is 8.97. The Morgan fingerprint density at radius 1 is 1.23 bits per heavy atom. The van der Waals surface area contributed by atoms with Crippen molar-refractivity contribution in [2.24, 2.45) is 11.7 Å². The molecule has 3 rings (SSSR count). The minimum atomic E-state index is 0.276. The standard InChI is InChI=1S/C21H25ClN4/c22-20-14-25-9-6-18(20)15-26-10-7-17(8-11-26)21(24)19(13-23)12-16-4-2-1-3-5-16/h1-6,9,13-14,17,24H,7-8,10-12,15,23H2. The molecule has 0 amide bonds. The van der Waals surface area contributed by atoms with Crippen molar-refractivity contribution in [3.05, 3.63) is 76.7 Å². The third-order valence-electron chi connectivity index (χ3n) is 5.03. The molecule has 1 aromatic heterocycles. The van der Waals surface area contributed by atoms with Gasteiger partial charge in [0.15, 0.2) is 0 Å². The molecule has 1 aliphatic heterocycles. The number of aromatic nitrogens is 1. The monoisotopic (exact) mass is 368 g/mol. The molecule has 1 aliphatic rings. The zero-order valence-corrected chi connectivity index (χ0v) is 15.6. The third kappa shape index (κ3) is 4.71. The Hall–Kier alpha value is -2.17. The Morgan fingerprint density at radius 3 is 2.62 bits per heavy atom. The summed E-state index contributed by atoms with van der Waals surface area (Å²) < 4.78 is 0. The summed E-state index contributed by atoms with van der Waals surface area (Å²) in [5, 5.41) is 9.34. The van der Waals surface area contributed by atoms with Gasteiger partial charge in [0.1, 0.15) is 0 Å². The Bertz CT molecular complexity index is 765. The summed E-state index contributed by atoms with van der Waals surface area (Å²) >= 11 is 6.22. The number of allylic oxidation sites excluding steroid dienone is 1. The predicted molar refractivity (Wildman–Crippen MR) is 107 cm³/mol. The number of hydrogen-bond acceptors (Lipinski definition) is 4. The van der Waals surface area contributed by atoms with Gasteiger partial charge in [-0.15, -0.1) is 0 Å². The summed E-state index contributed by atoms with van der Waals surface area (Å²) in [5.74, 6) is 0.276. The van der Waals surface area contributed by atoms with E-state index in [2.05, 4.69) is 22.0 Å². The van der Waals surface area contributed by atoms with Gasteiger partial charge >= 0.3 is 0 Å². The van der Waals surface area contributed by atoms with Gasteiger partial charge < -0.3 is 11.1 Å². The van der Waals surface area contributed by atoms with Gasteiger partial charge in [0.05, 0.1) is 5.02 Å². The molecule has 136 valence electrons. The van der Waals surface area contributed by atoms with Crippen LogP contribution in [0.2, 0.25) is 5.02 Å².